The number of likely N-dealkylation sites (N-methyl/N-ethyl adjacent to an activating group) is 1. The number of nitrogens with zero attached hydrogens (tertiary/aromatic N) is 2. The molecule has 0 aliphatic rings. The van der Waals surface area contributed by atoms with Crippen LogP contribution in [0.15, 0.2) is 54.6 Å². The molecule has 1 N–H and O–H groups in total. The molecule has 0 aliphatic heterocycles. The summed E-state index contributed by atoms with van der Waals surface area (Å²) < 4.78 is 25.8. The molecule has 7 nitrogen and oxygen atoms in total. The number of carbonyl (C=O) groups is 2. The van der Waals surface area contributed by atoms with Crippen molar-refractivity contribution in [2.75, 3.05) is 23.7 Å². The van der Waals surface area contributed by atoms with Gasteiger partial charge in [-0.05, 0) is 44.0 Å². The number of amides is 2. The van der Waals surface area contributed by atoms with Crippen LogP contribution in [0.2, 0.25) is 0 Å². The van der Waals surface area contributed by atoms with E-state index in [0.29, 0.717) is 12.2 Å². The maximum absolute atomic E-state index is 13.3. The van der Waals surface area contributed by atoms with E-state index >= 15 is 0 Å². The van der Waals surface area contributed by atoms with E-state index in [0.717, 1.165) is 21.7 Å². The summed E-state index contributed by atoms with van der Waals surface area (Å²) in [6.07, 6.45) is 1.06. The Hall–Kier alpha value is -2.87. The van der Waals surface area contributed by atoms with Crippen molar-refractivity contribution in [1.29, 1.82) is 0 Å². The van der Waals surface area contributed by atoms with E-state index in [2.05, 4.69) is 5.32 Å². The van der Waals surface area contributed by atoms with E-state index < -0.39 is 28.5 Å². The normalized spacial score (nSPS) is 12.1. The summed E-state index contributed by atoms with van der Waals surface area (Å²) in [5.74, 6) is -0.740. The smallest absolute Gasteiger partial charge is 0.244 e. The molecule has 0 bridgehead atoms. The highest BCUT2D eigenvalue weighted by Gasteiger charge is 2.30. The molecule has 0 fully saturated rings. The largest absolute Gasteiger partial charge is 0.355 e. The SMILES string of the molecule is CCNC(=O)[C@H](C)N(Cc1ccccc1C)C(=O)CN(c1ccccc1)S(C)(=O)=O. The maximum Gasteiger partial charge on any atom is 0.244 e. The molecular weight excluding hydrogens is 402 g/mol. The maximum atomic E-state index is 13.3. The fraction of sp³-hybridized carbons (Fsp3) is 0.364. The van der Waals surface area contributed by atoms with Crippen molar-refractivity contribution in [3.63, 3.8) is 0 Å². The first-order valence-electron chi connectivity index (χ1n) is 9.79. The van der Waals surface area contributed by atoms with Crippen LogP contribution in [0.5, 0.6) is 0 Å². The van der Waals surface area contributed by atoms with Crippen molar-refractivity contribution >= 4 is 27.5 Å². The quantitative estimate of drug-likeness (QED) is 0.660. The number of sulfonamides is 1. The minimum Gasteiger partial charge on any atom is -0.355 e. The molecule has 1 atom stereocenters. The second kappa shape index (κ2) is 10.2. The van der Waals surface area contributed by atoms with Crippen molar-refractivity contribution in [2.45, 2.75) is 33.4 Å². The predicted molar refractivity (Wildman–Crippen MR) is 119 cm³/mol. The van der Waals surface area contributed by atoms with Gasteiger partial charge in [-0.2, -0.15) is 0 Å². The van der Waals surface area contributed by atoms with Gasteiger partial charge in [0.05, 0.1) is 11.9 Å². The van der Waals surface area contributed by atoms with Gasteiger partial charge in [-0.1, -0.05) is 42.5 Å². The van der Waals surface area contributed by atoms with Crippen molar-refractivity contribution in [2.24, 2.45) is 0 Å². The number of nitrogens with one attached hydrogen (secondary N) is 1. The molecule has 2 rings (SSSR count). The number of benzene rings is 2. The zero-order valence-corrected chi connectivity index (χ0v) is 18.6. The van der Waals surface area contributed by atoms with Gasteiger partial charge < -0.3 is 10.2 Å². The van der Waals surface area contributed by atoms with Crippen LogP contribution >= 0.6 is 0 Å². The van der Waals surface area contributed by atoms with E-state index in [-0.39, 0.29) is 12.5 Å². The van der Waals surface area contributed by atoms with Crippen LogP contribution in [0.1, 0.15) is 25.0 Å². The summed E-state index contributed by atoms with van der Waals surface area (Å²) >= 11 is 0. The van der Waals surface area contributed by atoms with E-state index in [4.69, 9.17) is 0 Å². The van der Waals surface area contributed by atoms with E-state index in [1.165, 1.54) is 4.90 Å². The first kappa shape index (κ1) is 23.4. The van der Waals surface area contributed by atoms with Gasteiger partial charge in [0.25, 0.3) is 0 Å². The minimum atomic E-state index is -3.70. The molecule has 2 aromatic rings. The Morgan fingerprint density at radius 1 is 1.03 bits per heavy atom. The van der Waals surface area contributed by atoms with Crippen molar-refractivity contribution in [1.82, 2.24) is 10.2 Å². The van der Waals surface area contributed by atoms with Gasteiger partial charge in [0.2, 0.25) is 21.8 Å². The zero-order valence-electron chi connectivity index (χ0n) is 17.8. The van der Waals surface area contributed by atoms with Gasteiger partial charge >= 0.3 is 0 Å². The summed E-state index contributed by atoms with van der Waals surface area (Å²) in [6.45, 7) is 5.64. The highest BCUT2D eigenvalue weighted by atomic mass is 32.2. The van der Waals surface area contributed by atoms with Crippen LogP contribution in [0, 0.1) is 6.92 Å². The van der Waals surface area contributed by atoms with E-state index in [1.54, 1.807) is 44.2 Å². The number of hydrogen-bond acceptors (Lipinski definition) is 4. The number of rotatable bonds is 9. The van der Waals surface area contributed by atoms with Gasteiger partial charge in [0.15, 0.2) is 0 Å². The molecule has 0 aromatic heterocycles. The van der Waals surface area contributed by atoms with Crippen LogP contribution in [0.4, 0.5) is 5.69 Å². The highest BCUT2D eigenvalue weighted by molar-refractivity contribution is 7.92. The second-order valence-corrected chi connectivity index (χ2v) is 9.03. The lowest BCUT2D eigenvalue weighted by atomic mass is 10.1. The van der Waals surface area contributed by atoms with Crippen LogP contribution in [0.3, 0.4) is 0 Å². The number of carbonyl (C=O) groups excluding carboxylic acids is 2. The summed E-state index contributed by atoms with van der Waals surface area (Å²) in [5.41, 5.74) is 2.28. The van der Waals surface area contributed by atoms with Crippen molar-refractivity contribution in [3.05, 3.63) is 65.7 Å². The molecule has 0 heterocycles. The lowest BCUT2D eigenvalue weighted by Gasteiger charge is -2.31. The Morgan fingerprint density at radius 2 is 1.63 bits per heavy atom. The molecule has 2 amide bonds. The molecule has 0 aliphatic carbocycles. The van der Waals surface area contributed by atoms with Gasteiger partial charge in [-0.25, -0.2) is 8.42 Å². The van der Waals surface area contributed by atoms with Crippen molar-refractivity contribution in [3.8, 4) is 0 Å². The molecule has 0 saturated carbocycles. The Labute approximate surface area is 178 Å². The fourth-order valence-corrected chi connectivity index (χ4v) is 3.93. The summed E-state index contributed by atoms with van der Waals surface area (Å²) in [6, 6.07) is 15.3. The van der Waals surface area contributed by atoms with Crippen LogP contribution in [-0.4, -0.2) is 50.5 Å². The van der Waals surface area contributed by atoms with Gasteiger partial charge in [-0.15, -0.1) is 0 Å². The van der Waals surface area contributed by atoms with Gasteiger partial charge in [0.1, 0.15) is 12.6 Å². The summed E-state index contributed by atoms with van der Waals surface area (Å²) in [5, 5.41) is 2.73. The molecular formula is C22H29N3O4S. The summed E-state index contributed by atoms with van der Waals surface area (Å²) in [7, 11) is -3.70. The zero-order chi connectivity index (χ0) is 22.3. The van der Waals surface area contributed by atoms with E-state index in [1.807, 2.05) is 31.2 Å². The van der Waals surface area contributed by atoms with Gasteiger partial charge in [0, 0.05) is 13.1 Å². The Balaban J connectivity index is 2.37. The topological polar surface area (TPSA) is 86.8 Å². The van der Waals surface area contributed by atoms with E-state index in [9.17, 15) is 18.0 Å². The molecule has 30 heavy (non-hydrogen) atoms. The lowest BCUT2D eigenvalue weighted by Crippen LogP contribution is -2.51. The third-order valence-corrected chi connectivity index (χ3v) is 5.98. The molecule has 0 saturated heterocycles. The number of aryl methyl sites for hydroxylation is 1. The average Bonchev–Trinajstić information content (AvgIpc) is 2.70. The average molecular weight is 432 g/mol. The van der Waals surface area contributed by atoms with Crippen LogP contribution in [0.25, 0.3) is 0 Å². The number of hydrogen-bond donors (Lipinski definition) is 1. The molecule has 0 unspecified atom stereocenters. The predicted octanol–water partition coefficient (Wildman–Crippen LogP) is 2.31. The third kappa shape index (κ3) is 6.06. The Morgan fingerprint density at radius 3 is 2.20 bits per heavy atom. The lowest BCUT2D eigenvalue weighted by molar-refractivity contribution is -0.139. The standard InChI is InChI=1S/C22H29N3O4S/c1-5-23-22(27)18(3)24(15-19-12-10-9-11-17(19)2)21(26)16-25(30(4,28)29)20-13-7-6-8-14-20/h6-14,18H,5,15-16H2,1-4H3,(H,23,27)/t18-/m0/s1. The van der Waals surface area contributed by atoms with Crippen LogP contribution < -0.4 is 9.62 Å². The number of para-hydroxylation sites is 1. The Kier molecular flexibility index (Phi) is 8.00. The third-order valence-electron chi connectivity index (χ3n) is 4.84. The molecule has 0 radical (unpaired) electrons. The summed E-state index contributed by atoms with van der Waals surface area (Å²) in [4.78, 5) is 27.2. The highest BCUT2D eigenvalue weighted by Crippen LogP contribution is 2.19. The first-order chi connectivity index (χ1) is 14.1. The monoisotopic (exact) mass is 431 g/mol. The minimum absolute atomic E-state index is 0.205. The first-order valence-corrected chi connectivity index (χ1v) is 11.6. The van der Waals surface area contributed by atoms with Crippen molar-refractivity contribution < 1.29 is 18.0 Å². The molecule has 0 spiro atoms. The fourth-order valence-electron chi connectivity index (χ4n) is 3.08. The van der Waals surface area contributed by atoms with Gasteiger partial charge in [-0.3, -0.25) is 13.9 Å². The molecule has 2 aromatic carbocycles. The molecule has 162 valence electrons. The van der Waals surface area contributed by atoms with Crippen LogP contribution in [-0.2, 0) is 26.2 Å². The Bertz CT molecular complexity index is 977. The number of anilines is 1. The molecule has 8 heteroatoms. The second-order valence-electron chi connectivity index (χ2n) is 7.12.